The summed E-state index contributed by atoms with van der Waals surface area (Å²) in [5.74, 6) is 0.424. The van der Waals surface area contributed by atoms with Crippen LogP contribution in [0.15, 0.2) is 23.1 Å². The monoisotopic (exact) mass is 410 g/mol. The topological polar surface area (TPSA) is 101 Å². The van der Waals surface area contributed by atoms with E-state index in [-0.39, 0.29) is 28.7 Å². The van der Waals surface area contributed by atoms with Gasteiger partial charge in [-0.2, -0.15) is 8.75 Å². The minimum atomic E-state index is -3.63. The molecule has 7 nitrogen and oxygen atoms in total. The lowest BCUT2D eigenvalue weighted by molar-refractivity contribution is -0.126. The largest absolute Gasteiger partial charge is 0.353 e. The van der Waals surface area contributed by atoms with Crippen LogP contribution in [0, 0.1) is 11.8 Å². The number of benzene rings is 1. The summed E-state index contributed by atoms with van der Waals surface area (Å²) in [6.07, 6.45) is 4.23. The molecule has 1 aromatic heterocycles. The van der Waals surface area contributed by atoms with Crippen LogP contribution in [0.25, 0.3) is 11.0 Å². The fourth-order valence-electron chi connectivity index (χ4n) is 3.40. The van der Waals surface area contributed by atoms with Gasteiger partial charge in [-0.1, -0.05) is 13.0 Å². The summed E-state index contributed by atoms with van der Waals surface area (Å²) < 4.78 is 36.3. The van der Waals surface area contributed by atoms with E-state index >= 15 is 0 Å². The molecule has 1 heterocycles. The first-order valence-corrected chi connectivity index (χ1v) is 11.6. The van der Waals surface area contributed by atoms with Crippen molar-refractivity contribution in [1.82, 2.24) is 18.8 Å². The lowest BCUT2D eigenvalue weighted by Gasteiger charge is -2.28. The van der Waals surface area contributed by atoms with E-state index < -0.39 is 10.0 Å². The van der Waals surface area contributed by atoms with Crippen LogP contribution in [0.4, 0.5) is 0 Å². The average molecular weight is 411 g/mol. The summed E-state index contributed by atoms with van der Waals surface area (Å²) in [4.78, 5) is 12.4. The number of hydrogen-bond donors (Lipinski definition) is 2. The molecular weight excluding hydrogens is 384 g/mol. The minimum absolute atomic E-state index is 0.0432. The molecule has 1 saturated carbocycles. The normalized spacial score (nSPS) is 21.9. The Morgan fingerprint density at radius 2 is 2.00 bits per heavy atom. The molecule has 1 aromatic carbocycles. The predicted octanol–water partition coefficient (Wildman–Crippen LogP) is 2.69. The maximum Gasteiger partial charge on any atom is 0.242 e. The Morgan fingerprint density at radius 3 is 2.70 bits per heavy atom. The average Bonchev–Trinajstić information content (AvgIpc) is 3.15. The molecule has 1 amide bonds. The number of sulfonamides is 1. The lowest BCUT2D eigenvalue weighted by Crippen LogP contribution is -2.39. The molecule has 0 aliphatic heterocycles. The number of rotatable bonds is 7. The van der Waals surface area contributed by atoms with Gasteiger partial charge in [-0.25, -0.2) is 13.1 Å². The molecule has 1 aliphatic rings. The highest BCUT2D eigenvalue weighted by atomic mass is 32.2. The smallest absolute Gasteiger partial charge is 0.242 e. The van der Waals surface area contributed by atoms with Crippen LogP contribution >= 0.6 is 11.7 Å². The van der Waals surface area contributed by atoms with E-state index in [1.165, 1.54) is 0 Å². The molecule has 3 rings (SSSR count). The van der Waals surface area contributed by atoms with E-state index in [0.29, 0.717) is 17.6 Å². The summed E-state index contributed by atoms with van der Waals surface area (Å²) in [7, 11) is -3.63. The minimum Gasteiger partial charge on any atom is -0.353 e. The van der Waals surface area contributed by atoms with E-state index in [0.717, 1.165) is 43.8 Å². The highest BCUT2D eigenvalue weighted by Gasteiger charge is 2.28. The fourth-order valence-corrected chi connectivity index (χ4v) is 5.28. The molecule has 1 atom stereocenters. The Hall–Kier alpha value is -1.58. The number of nitrogens with zero attached hydrogens (tertiary/aromatic N) is 2. The number of fused-ring (bicyclic) bond motifs is 1. The number of hydrogen-bond acceptors (Lipinski definition) is 6. The zero-order valence-corrected chi connectivity index (χ0v) is 17.3. The molecule has 0 unspecified atom stereocenters. The maximum absolute atomic E-state index is 12.7. The summed E-state index contributed by atoms with van der Waals surface area (Å²) >= 11 is 1.01. The van der Waals surface area contributed by atoms with Crippen molar-refractivity contribution in [3.8, 4) is 0 Å². The molecule has 0 bridgehead atoms. The third-order valence-corrected chi connectivity index (χ3v) is 7.32. The van der Waals surface area contributed by atoms with Crippen molar-refractivity contribution in [2.45, 2.75) is 56.9 Å². The van der Waals surface area contributed by atoms with Gasteiger partial charge in [0.05, 0.1) is 11.7 Å². The van der Waals surface area contributed by atoms with E-state index in [2.05, 4.69) is 25.7 Å². The van der Waals surface area contributed by atoms with Crippen LogP contribution < -0.4 is 10.0 Å². The number of nitrogens with one attached hydrogen (secondary N) is 2. The quantitative estimate of drug-likeness (QED) is 0.731. The molecule has 1 aliphatic carbocycles. The van der Waals surface area contributed by atoms with Gasteiger partial charge in [0.1, 0.15) is 15.9 Å². The van der Waals surface area contributed by atoms with Crippen molar-refractivity contribution in [3.05, 3.63) is 18.2 Å². The second-order valence-corrected chi connectivity index (χ2v) is 9.54. The zero-order valence-electron chi connectivity index (χ0n) is 15.6. The van der Waals surface area contributed by atoms with Crippen molar-refractivity contribution in [2.24, 2.45) is 11.8 Å². The number of aromatic nitrogens is 2. The third kappa shape index (κ3) is 4.83. The Morgan fingerprint density at radius 1 is 1.26 bits per heavy atom. The third-order valence-electron chi connectivity index (χ3n) is 5.32. The van der Waals surface area contributed by atoms with Crippen molar-refractivity contribution in [3.63, 3.8) is 0 Å². The predicted molar refractivity (Wildman–Crippen MR) is 106 cm³/mol. The Bertz CT molecular complexity index is 889. The molecule has 148 valence electrons. The highest BCUT2D eigenvalue weighted by Crippen LogP contribution is 2.29. The molecule has 0 saturated heterocycles. The van der Waals surface area contributed by atoms with E-state index in [1.807, 2.05) is 6.92 Å². The second-order valence-electron chi connectivity index (χ2n) is 7.28. The van der Waals surface area contributed by atoms with Gasteiger partial charge in [0.25, 0.3) is 0 Å². The fraction of sp³-hybridized carbons (Fsp3) is 0.611. The van der Waals surface area contributed by atoms with Gasteiger partial charge in [-0.05, 0) is 57.1 Å². The van der Waals surface area contributed by atoms with Gasteiger partial charge >= 0.3 is 0 Å². The van der Waals surface area contributed by atoms with Gasteiger partial charge in [0.15, 0.2) is 0 Å². The van der Waals surface area contributed by atoms with Gasteiger partial charge in [-0.15, -0.1) is 0 Å². The summed E-state index contributed by atoms with van der Waals surface area (Å²) in [5, 5.41) is 3.04. The Labute approximate surface area is 164 Å². The summed E-state index contributed by atoms with van der Waals surface area (Å²) in [6, 6.07) is 5.19. The van der Waals surface area contributed by atoms with Crippen LogP contribution in [-0.4, -0.2) is 35.7 Å². The molecule has 0 radical (unpaired) electrons. The van der Waals surface area contributed by atoms with E-state index in [1.54, 1.807) is 18.2 Å². The second kappa shape index (κ2) is 8.62. The van der Waals surface area contributed by atoms with Gasteiger partial charge in [-0.3, -0.25) is 4.79 Å². The Kier molecular flexibility index (Phi) is 6.44. The standard InChI is InChI=1S/C18H26N4O3S2/c1-3-12(2)20-18(23)14-9-7-13(8-10-14)11-19-27(24,25)16-6-4-5-15-17(16)22-26-21-15/h4-6,12-14,19H,3,7-11H2,1-2H3,(H,20,23)/t12-,13?,14?/m1/s1. The first-order valence-electron chi connectivity index (χ1n) is 9.42. The number of carbonyl (C=O) groups is 1. The van der Waals surface area contributed by atoms with Crippen molar-refractivity contribution < 1.29 is 13.2 Å². The molecule has 27 heavy (non-hydrogen) atoms. The van der Waals surface area contributed by atoms with Crippen LogP contribution in [-0.2, 0) is 14.8 Å². The zero-order chi connectivity index (χ0) is 19.4. The maximum atomic E-state index is 12.7. The van der Waals surface area contributed by atoms with Crippen molar-refractivity contribution in [1.29, 1.82) is 0 Å². The van der Waals surface area contributed by atoms with E-state index in [4.69, 9.17) is 0 Å². The van der Waals surface area contributed by atoms with Crippen LogP contribution in [0.2, 0.25) is 0 Å². The van der Waals surface area contributed by atoms with E-state index in [9.17, 15) is 13.2 Å². The van der Waals surface area contributed by atoms with Gasteiger partial charge in [0, 0.05) is 18.5 Å². The van der Waals surface area contributed by atoms with Crippen LogP contribution in [0.3, 0.4) is 0 Å². The molecular formula is C18H26N4O3S2. The molecule has 0 spiro atoms. The molecule has 9 heteroatoms. The lowest BCUT2D eigenvalue weighted by atomic mass is 9.81. The van der Waals surface area contributed by atoms with Crippen molar-refractivity contribution >= 4 is 38.7 Å². The Balaban J connectivity index is 1.54. The molecule has 1 fully saturated rings. The molecule has 2 aromatic rings. The number of amides is 1. The SMILES string of the molecule is CC[C@@H](C)NC(=O)C1CCC(CNS(=O)(=O)c2cccc3nsnc23)CC1. The first-order chi connectivity index (χ1) is 12.9. The van der Waals surface area contributed by atoms with Gasteiger partial charge in [0.2, 0.25) is 15.9 Å². The molecule has 2 N–H and O–H groups in total. The first kappa shape index (κ1) is 20.2. The number of carbonyl (C=O) groups excluding carboxylic acids is 1. The van der Waals surface area contributed by atoms with Crippen LogP contribution in [0.5, 0.6) is 0 Å². The van der Waals surface area contributed by atoms with Crippen LogP contribution in [0.1, 0.15) is 46.0 Å². The highest BCUT2D eigenvalue weighted by molar-refractivity contribution is 7.89. The van der Waals surface area contributed by atoms with Crippen molar-refractivity contribution in [2.75, 3.05) is 6.54 Å². The summed E-state index contributed by atoms with van der Waals surface area (Å²) in [6.45, 7) is 4.45. The van der Waals surface area contributed by atoms with Gasteiger partial charge < -0.3 is 5.32 Å². The summed E-state index contributed by atoms with van der Waals surface area (Å²) in [5.41, 5.74) is 1.01.